The van der Waals surface area contributed by atoms with Gasteiger partial charge in [0.05, 0.1) is 18.5 Å². The van der Waals surface area contributed by atoms with Crippen LogP contribution in [-0.2, 0) is 11.4 Å². The van der Waals surface area contributed by atoms with Crippen LogP contribution in [0.25, 0.3) is 0 Å². The Morgan fingerprint density at radius 2 is 2.44 bits per heavy atom. The monoisotopic (exact) mass is 222 g/mol. The molecule has 5 nitrogen and oxygen atoms in total. The van der Waals surface area contributed by atoms with Gasteiger partial charge in [0, 0.05) is 20.0 Å². The number of likely N-dealkylation sites (N-methyl/N-ethyl adjacent to an activating group) is 1. The number of pyridine rings is 1. The minimum atomic E-state index is -0.397. The highest BCUT2D eigenvalue weighted by Crippen LogP contribution is 2.17. The first kappa shape index (κ1) is 10.9. The van der Waals surface area contributed by atoms with Crippen LogP contribution in [0.2, 0.25) is 0 Å². The maximum Gasteiger partial charge on any atom is 0.263 e. The number of carbonyl (C=O) groups excluding carboxylic acids is 1. The zero-order chi connectivity index (χ0) is 11.5. The molecule has 5 heteroatoms. The van der Waals surface area contributed by atoms with E-state index in [2.05, 4.69) is 4.98 Å². The van der Waals surface area contributed by atoms with Crippen LogP contribution in [0.5, 0.6) is 5.75 Å². The number of amides is 1. The highest BCUT2D eigenvalue weighted by molar-refractivity contribution is 5.83. The highest BCUT2D eigenvalue weighted by Gasteiger charge is 2.30. The van der Waals surface area contributed by atoms with Crippen LogP contribution in [0.4, 0.5) is 0 Å². The Bertz CT molecular complexity index is 377. The minimum Gasteiger partial charge on any atom is -0.479 e. The standard InChI is InChI=1S/C11H14N2O3/c1-13-5-4-10(11(13)15)16-9-3-2-8(7-14)12-6-9/h2-3,6,10,14H,4-5,7H2,1H3. The summed E-state index contributed by atoms with van der Waals surface area (Å²) in [6, 6.07) is 3.39. The van der Waals surface area contributed by atoms with Gasteiger partial charge >= 0.3 is 0 Å². The summed E-state index contributed by atoms with van der Waals surface area (Å²) in [7, 11) is 1.76. The van der Waals surface area contributed by atoms with E-state index in [4.69, 9.17) is 9.84 Å². The maximum absolute atomic E-state index is 11.6. The summed E-state index contributed by atoms with van der Waals surface area (Å²) in [4.78, 5) is 17.2. The molecule has 2 rings (SSSR count). The number of aliphatic hydroxyl groups is 1. The summed E-state index contributed by atoms with van der Waals surface area (Å²) in [6.45, 7) is 0.636. The van der Waals surface area contributed by atoms with Crippen LogP contribution >= 0.6 is 0 Å². The number of nitrogens with zero attached hydrogens (tertiary/aromatic N) is 2. The van der Waals surface area contributed by atoms with Crippen molar-refractivity contribution < 1.29 is 14.6 Å². The second-order valence-corrected chi connectivity index (χ2v) is 3.80. The molecule has 0 aromatic carbocycles. The summed E-state index contributed by atoms with van der Waals surface area (Å²) in [6.07, 6.45) is 1.83. The average molecular weight is 222 g/mol. The summed E-state index contributed by atoms with van der Waals surface area (Å²) in [5.74, 6) is 0.567. The summed E-state index contributed by atoms with van der Waals surface area (Å²) < 4.78 is 5.52. The van der Waals surface area contributed by atoms with Gasteiger partial charge in [0.2, 0.25) is 0 Å². The molecule has 2 heterocycles. The maximum atomic E-state index is 11.6. The third-order valence-corrected chi connectivity index (χ3v) is 2.62. The second-order valence-electron chi connectivity index (χ2n) is 3.80. The van der Waals surface area contributed by atoms with E-state index in [1.165, 1.54) is 6.20 Å². The molecule has 0 aliphatic carbocycles. The van der Waals surface area contributed by atoms with Crippen molar-refractivity contribution in [2.45, 2.75) is 19.1 Å². The summed E-state index contributed by atoms with van der Waals surface area (Å²) >= 11 is 0. The first-order valence-corrected chi connectivity index (χ1v) is 5.18. The average Bonchev–Trinajstić information content (AvgIpc) is 2.62. The van der Waals surface area contributed by atoms with Gasteiger partial charge in [-0.15, -0.1) is 0 Å². The Morgan fingerprint density at radius 3 is 2.94 bits per heavy atom. The van der Waals surface area contributed by atoms with E-state index in [-0.39, 0.29) is 12.5 Å². The molecule has 1 aliphatic rings. The first-order valence-electron chi connectivity index (χ1n) is 5.18. The van der Waals surface area contributed by atoms with Gasteiger partial charge in [-0.3, -0.25) is 9.78 Å². The topological polar surface area (TPSA) is 62.7 Å². The molecule has 0 saturated carbocycles. The first-order chi connectivity index (χ1) is 7.70. The van der Waals surface area contributed by atoms with Crippen molar-refractivity contribution in [3.63, 3.8) is 0 Å². The third-order valence-electron chi connectivity index (χ3n) is 2.62. The lowest BCUT2D eigenvalue weighted by molar-refractivity contribution is -0.132. The number of rotatable bonds is 3. The van der Waals surface area contributed by atoms with E-state index in [0.717, 1.165) is 6.54 Å². The molecular weight excluding hydrogens is 208 g/mol. The van der Waals surface area contributed by atoms with E-state index in [1.807, 2.05) is 0 Å². The SMILES string of the molecule is CN1CCC(Oc2ccc(CO)nc2)C1=O. The van der Waals surface area contributed by atoms with Crippen molar-refractivity contribution >= 4 is 5.91 Å². The summed E-state index contributed by atoms with van der Waals surface area (Å²) in [5, 5.41) is 8.83. The Morgan fingerprint density at radius 1 is 1.62 bits per heavy atom. The molecule has 1 atom stereocenters. The molecule has 1 amide bonds. The fraction of sp³-hybridized carbons (Fsp3) is 0.455. The second kappa shape index (κ2) is 4.49. The van der Waals surface area contributed by atoms with Crippen LogP contribution < -0.4 is 4.74 Å². The van der Waals surface area contributed by atoms with E-state index in [0.29, 0.717) is 17.9 Å². The van der Waals surface area contributed by atoms with Gasteiger partial charge in [0.1, 0.15) is 5.75 Å². The number of carbonyl (C=O) groups is 1. The molecular formula is C11H14N2O3. The Kier molecular flexibility index (Phi) is 3.05. The number of aliphatic hydroxyl groups excluding tert-OH is 1. The molecule has 0 bridgehead atoms. The molecule has 0 spiro atoms. The normalized spacial score (nSPS) is 20.2. The van der Waals surface area contributed by atoms with Crippen LogP contribution in [0, 0.1) is 0 Å². The van der Waals surface area contributed by atoms with Gasteiger partial charge < -0.3 is 14.7 Å². The lowest BCUT2D eigenvalue weighted by Crippen LogP contribution is -2.29. The lowest BCUT2D eigenvalue weighted by atomic mass is 10.3. The van der Waals surface area contributed by atoms with Crippen molar-refractivity contribution in [1.82, 2.24) is 9.88 Å². The Labute approximate surface area is 93.7 Å². The fourth-order valence-electron chi connectivity index (χ4n) is 1.64. The zero-order valence-electron chi connectivity index (χ0n) is 9.09. The summed E-state index contributed by atoms with van der Waals surface area (Å²) in [5.41, 5.74) is 0.585. The van der Waals surface area contributed by atoms with E-state index in [1.54, 1.807) is 24.1 Å². The van der Waals surface area contributed by atoms with Crippen molar-refractivity contribution in [2.24, 2.45) is 0 Å². The van der Waals surface area contributed by atoms with E-state index >= 15 is 0 Å². The quantitative estimate of drug-likeness (QED) is 0.792. The van der Waals surface area contributed by atoms with Crippen molar-refractivity contribution in [3.8, 4) is 5.75 Å². The number of ether oxygens (including phenoxy) is 1. The van der Waals surface area contributed by atoms with Gasteiger partial charge in [-0.2, -0.15) is 0 Å². The Hall–Kier alpha value is -1.62. The fourth-order valence-corrected chi connectivity index (χ4v) is 1.64. The van der Waals surface area contributed by atoms with Crippen LogP contribution in [-0.4, -0.2) is 40.6 Å². The lowest BCUT2D eigenvalue weighted by Gasteiger charge is -2.12. The van der Waals surface area contributed by atoms with Crippen LogP contribution in [0.1, 0.15) is 12.1 Å². The molecule has 1 aromatic rings. The molecule has 0 radical (unpaired) electrons. The van der Waals surface area contributed by atoms with Gasteiger partial charge in [0.15, 0.2) is 6.10 Å². The number of likely N-dealkylation sites (tertiary alicyclic amines) is 1. The zero-order valence-corrected chi connectivity index (χ0v) is 9.09. The molecule has 1 N–H and O–H groups in total. The predicted molar refractivity (Wildman–Crippen MR) is 56.8 cm³/mol. The van der Waals surface area contributed by atoms with Gasteiger partial charge in [0.25, 0.3) is 5.91 Å². The van der Waals surface area contributed by atoms with Gasteiger partial charge in [-0.25, -0.2) is 0 Å². The van der Waals surface area contributed by atoms with Gasteiger partial charge in [-0.1, -0.05) is 0 Å². The smallest absolute Gasteiger partial charge is 0.263 e. The highest BCUT2D eigenvalue weighted by atomic mass is 16.5. The van der Waals surface area contributed by atoms with Gasteiger partial charge in [-0.05, 0) is 12.1 Å². The van der Waals surface area contributed by atoms with Crippen LogP contribution in [0.15, 0.2) is 18.3 Å². The molecule has 16 heavy (non-hydrogen) atoms. The predicted octanol–water partition coefficient (Wildman–Crippen LogP) is 0.183. The molecule has 1 fully saturated rings. The Balaban J connectivity index is 2.01. The molecule has 1 aromatic heterocycles. The van der Waals surface area contributed by atoms with E-state index in [9.17, 15) is 4.79 Å². The van der Waals surface area contributed by atoms with Crippen LogP contribution in [0.3, 0.4) is 0 Å². The van der Waals surface area contributed by atoms with E-state index < -0.39 is 6.10 Å². The molecule has 1 unspecified atom stereocenters. The third kappa shape index (κ3) is 2.14. The largest absolute Gasteiger partial charge is 0.479 e. The number of aromatic nitrogens is 1. The minimum absolute atomic E-state index is 0.00577. The number of hydrogen-bond donors (Lipinski definition) is 1. The molecule has 86 valence electrons. The van der Waals surface area contributed by atoms with Crippen molar-refractivity contribution in [2.75, 3.05) is 13.6 Å². The number of hydrogen-bond acceptors (Lipinski definition) is 4. The van der Waals surface area contributed by atoms with Crippen molar-refractivity contribution in [3.05, 3.63) is 24.0 Å². The molecule has 1 saturated heterocycles. The molecule has 1 aliphatic heterocycles. The van der Waals surface area contributed by atoms with Crippen molar-refractivity contribution in [1.29, 1.82) is 0 Å².